The van der Waals surface area contributed by atoms with Gasteiger partial charge in [-0.1, -0.05) is 19.1 Å². The Morgan fingerprint density at radius 2 is 2.04 bits per heavy atom. The van der Waals surface area contributed by atoms with E-state index in [0.717, 1.165) is 30.4 Å². The second-order valence-corrected chi connectivity index (χ2v) is 6.19. The molecule has 1 aliphatic carbocycles. The molecule has 126 valence electrons. The number of aromatic nitrogens is 1. The van der Waals surface area contributed by atoms with E-state index in [4.69, 9.17) is 4.74 Å². The van der Waals surface area contributed by atoms with E-state index in [0.29, 0.717) is 19.0 Å². The van der Waals surface area contributed by atoms with Crippen molar-refractivity contribution in [1.29, 1.82) is 0 Å². The zero-order valence-corrected chi connectivity index (χ0v) is 14.2. The van der Waals surface area contributed by atoms with Gasteiger partial charge in [-0.2, -0.15) is 0 Å². The summed E-state index contributed by atoms with van der Waals surface area (Å²) in [7, 11) is 0. The lowest BCUT2D eigenvalue weighted by molar-refractivity contribution is 0.0950. The lowest BCUT2D eigenvalue weighted by Gasteiger charge is -2.16. The molecule has 0 bridgehead atoms. The van der Waals surface area contributed by atoms with Crippen molar-refractivity contribution >= 4 is 5.91 Å². The minimum atomic E-state index is -0.0475. The molecule has 1 aromatic carbocycles. The number of aryl methyl sites for hydroxylation is 2. The monoisotopic (exact) mass is 324 g/mol. The summed E-state index contributed by atoms with van der Waals surface area (Å²) in [6.45, 7) is 3.10. The van der Waals surface area contributed by atoms with Crippen molar-refractivity contribution in [1.82, 2.24) is 10.3 Å². The quantitative estimate of drug-likeness (QED) is 0.882. The van der Waals surface area contributed by atoms with Gasteiger partial charge in [-0.15, -0.1) is 0 Å². The molecule has 1 aromatic heterocycles. The maximum absolute atomic E-state index is 12.5. The predicted molar refractivity (Wildman–Crippen MR) is 94.3 cm³/mol. The number of rotatable bonds is 6. The van der Waals surface area contributed by atoms with Crippen LogP contribution in [0.3, 0.4) is 0 Å². The largest absolute Gasteiger partial charge is 0.477 e. The number of hydrogen-bond acceptors (Lipinski definition) is 3. The van der Waals surface area contributed by atoms with Crippen molar-refractivity contribution in [2.75, 3.05) is 6.61 Å². The van der Waals surface area contributed by atoms with Crippen LogP contribution in [0.25, 0.3) is 0 Å². The van der Waals surface area contributed by atoms with Gasteiger partial charge in [0.2, 0.25) is 5.88 Å². The van der Waals surface area contributed by atoms with E-state index >= 15 is 0 Å². The summed E-state index contributed by atoms with van der Waals surface area (Å²) < 4.78 is 5.64. The van der Waals surface area contributed by atoms with E-state index in [2.05, 4.69) is 23.3 Å². The maximum Gasteiger partial charge on any atom is 0.251 e. The maximum atomic E-state index is 12.5. The van der Waals surface area contributed by atoms with Gasteiger partial charge >= 0.3 is 0 Å². The van der Waals surface area contributed by atoms with Crippen LogP contribution in [0.5, 0.6) is 5.88 Å². The standard InChI is InChI=1S/C20H24N2O2/c1-2-12-24-20-18(8-5-11-21-20)14-22-19(23)17-10-9-15-6-3-4-7-16(15)13-17/h5,8-11,13H,2-4,6-7,12,14H2,1H3,(H,22,23). The first-order valence-electron chi connectivity index (χ1n) is 8.74. The van der Waals surface area contributed by atoms with Gasteiger partial charge in [-0.05, 0) is 61.4 Å². The van der Waals surface area contributed by atoms with Crippen molar-refractivity contribution in [3.8, 4) is 5.88 Å². The molecule has 1 aliphatic rings. The van der Waals surface area contributed by atoms with E-state index in [9.17, 15) is 4.79 Å². The van der Waals surface area contributed by atoms with E-state index in [1.807, 2.05) is 24.3 Å². The first kappa shape index (κ1) is 16.5. The fourth-order valence-corrected chi connectivity index (χ4v) is 3.04. The molecule has 4 heteroatoms. The number of carbonyl (C=O) groups excluding carboxylic acids is 1. The number of pyridine rings is 1. The van der Waals surface area contributed by atoms with Crippen LogP contribution in [-0.4, -0.2) is 17.5 Å². The Balaban J connectivity index is 1.65. The number of hydrogen-bond donors (Lipinski definition) is 1. The molecule has 0 radical (unpaired) electrons. The van der Waals surface area contributed by atoms with Crippen molar-refractivity contribution in [2.24, 2.45) is 0 Å². The van der Waals surface area contributed by atoms with Crippen LogP contribution in [0.4, 0.5) is 0 Å². The second kappa shape index (κ2) is 7.95. The van der Waals surface area contributed by atoms with Gasteiger partial charge in [-0.25, -0.2) is 4.98 Å². The first-order valence-corrected chi connectivity index (χ1v) is 8.74. The predicted octanol–water partition coefficient (Wildman–Crippen LogP) is 3.68. The summed E-state index contributed by atoms with van der Waals surface area (Å²) in [6, 6.07) is 9.87. The third-order valence-electron chi connectivity index (χ3n) is 4.34. The molecule has 0 saturated heterocycles. The third-order valence-corrected chi connectivity index (χ3v) is 4.34. The van der Waals surface area contributed by atoms with E-state index in [-0.39, 0.29) is 5.91 Å². The average Bonchev–Trinajstić information content (AvgIpc) is 2.64. The van der Waals surface area contributed by atoms with Gasteiger partial charge in [0.1, 0.15) is 0 Å². The van der Waals surface area contributed by atoms with Crippen molar-refractivity contribution in [3.63, 3.8) is 0 Å². The molecule has 0 saturated carbocycles. The zero-order valence-electron chi connectivity index (χ0n) is 14.2. The highest BCUT2D eigenvalue weighted by atomic mass is 16.5. The normalized spacial score (nSPS) is 13.2. The summed E-state index contributed by atoms with van der Waals surface area (Å²) in [6.07, 6.45) is 7.31. The highest BCUT2D eigenvalue weighted by Crippen LogP contribution is 2.22. The van der Waals surface area contributed by atoms with Gasteiger partial charge in [-0.3, -0.25) is 4.79 Å². The van der Waals surface area contributed by atoms with Gasteiger partial charge in [0.15, 0.2) is 0 Å². The molecule has 0 spiro atoms. The number of benzene rings is 1. The van der Waals surface area contributed by atoms with Crippen molar-refractivity contribution < 1.29 is 9.53 Å². The number of fused-ring (bicyclic) bond motifs is 1. The molecular weight excluding hydrogens is 300 g/mol. The minimum Gasteiger partial charge on any atom is -0.477 e. The molecule has 0 atom stereocenters. The molecular formula is C20H24N2O2. The lowest BCUT2D eigenvalue weighted by Crippen LogP contribution is -2.23. The van der Waals surface area contributed by atoms with E-state index in [1.165, 1.54) is 24.0 Å². The summed E-state index contributed by atoms with van der Waals surface area (Å²) >= 11 is 0. The van der Waals surface area contributed by atoms with Crippen molar-refractivity contribution in [2.45, 2.75) is 45.6 Å². The molecule has 1 amide bonds. The van der Waals surface area contributed by atoms with Gasteiger partial charge in [0.05, 0.1) is 6.61 Å². The summed E-state index contributed by atoms with van der Waals surface area (Å²) in [5, 5.41) is 2.98. The highest BCUT2D eigenvalue weighted by Gasteiger charge is 2.13. The molecule has 0 aliphatic heterocycles. The molecule has 2 aromatic rings. The Hall–Kier alpha value is -2.36. The Morgan fingerprint density at radius 3 is 2.88 bits per heavy atom. The molecule has 1 N–H and O–H groups in total. The van der Waals surface area contributed by atoms with Crippen LogP contribution in [0.15, 0.2) is 36.5 Å². The van der Waals surface area contributed by atoms with Gasteiger partial charge in [0.25, 0.3) is 5.91 Å². The van der Waals surface area contributed by atoms with Gasteiger partial charge < -0.3 is 10.1 Å². The second-order valence-electron chi connectivity index (χ2n) is 6.19. The van der Waals surface area contributed by atoms with Crippen LogP contribution in [0.1, 0.15) is 53.2 Å². The van der Waals surface area contributed by atoms with Crippen LogP contribution in [-0.2, 0) is 19.4 Å². The minimum absolute atomic E-state index is 0.0475. The Morgan fingerprint density at radius 1 is 1.21 bits per heavy atom. The smallest absolute Gasteiger partial charge is 0.251 e. The van der Waals surface area contributed by atoms with Crippen LogP contribution in [0, 0.1) is 0 Å². The molecule has 1 heterocycles. The molecule has 3 rings (SSSR count). The number of nitrogens with one attached hydrogen (secondary N) is 1. The van der Waals surface area contributed by atoms with Crippen LogP contribution in [0.2, 0.25) is 0 Å². The first-order chi connectivity index (χ1) is 11.8. The fraction of sp³-hybridized carbons (Fsp3) is 0.400. The SMILES string of the molecule is CCCOc1ncccc1CNC(=O)c1ccc2c(c1)CCCC2. The average molecular weight is 324 g/mol. The highest BCUT2D eigenvalue weighted by molar-refractivity contribution is 5.94. The molecule has 4 nitrogen and oxygen atoms in total. The molecule has 0 unspecified atom stereocenters. The van der Waals surface area contributed by atoms with E-state index < -0.39 is 0 Å². The third kappa shape index (κ3) is 3.94. The molecule has 24 heavy (non-hydrogen) atoms. The number of ether oxygens (including phenoxy) is 1. The summed E-state index contributed by atoms with van der Waals surface area (Å²) in [5.74, 6) is 0.554. The number of carbonyl (C=O) groups is 1. The Labute approximate surface area is 143 Å². The lowest BCUT2D eigenvalue weighted by atomic mass is 9.90. The summed E-state index contributed by atoms with van der Waals surface area (Å²) in [5.41, 5.74) is 4.34. The van der Waals surface area contributed by atoms with Crippen LogP contribution < -0.4 is 10.1 Å². The van der Waals surface area contributed by atoms with E-state index in [1.54, 1.807) is 6.20 Å². The topological polar surface area (TPSA) is 51.2 Å². The Kier molecular flexibility index (Phi) is 5.47. The van der Waals surface area contributed by atoms with Gasteiger partial charge in [0, 0.05) is 23.9 Å². The fourth-order valence-electron chi connectivity index (χ4n) is 3.04. The Bertz CT molecular complexity index is 713. The number of amides is 1. The molecule has 0 fully saturated rings. The number of nitrogens with zero attached hydrogens (tertiary/aromatic N) is 1. The zero-order chi connectivity index (χ0) is 16.8. The summed E-state index contributed by atoms with van der Waals surface area (Å²) in [4.78, 5) is 16.7. The van der Waals surface area contributed by atoms with Crippen molar-refractivity contribution in [3.05, 3.63) is 58.8 Å². The van der Waals surface area contributed by atoms with Crippen LogP contribution >= 0.6 is 0 Å².